The van der Waals surface area contributed by atoms with Gasteiger partial charge in [-0.3, -0.25) is 9.10 Å². The second-order valence-corrected chi connectivity index (χ2v) is 8.95. The van der Waals surface area contributed by atoms with Crippen LogP contribution in [0.25, 0.3) is 10.8 Å². The van der Waals surface area contributed by atoms with E-state index in [1.165, 1.54) is 10.7 Å². The summed E-state index contributed by atoms with van der Waals surface area (Å²) < 4.78 is 27.4. The molecule has 0 unspecified atom stereocenters. The van der Waals surface area contributed by atoms with Gasteiger partial charge in [-0.05, 0) is 37.3 Å². The predicted octanol–water partition coefficient (Wildman–Crippen LogP) is 3.53. The fourth-order valence-electron chi connectivity index (χ4n) is 4.37. The van der Waals surface area contributed by atoms with E-state index in [0.29, 0.717) is 17.1 Å². The van der Waals surface area contributed by atoms with E-state index in [2.05, 4.69) is 0 Å². The standard InChI is InChI=1S/C20H24N2O3S/c1-2-21(16-10-4-3-5-11-16)19(23)14-22-17-12-6-8-15-9-7-13-18(20(15)17)26(22,24)25/h6-9,12-13,16H,2-5,10-11,14H2,1H3. The van der Waals surface area contributed by atoms with Crippen LogP contribution in [0.1, 0.15) is 39.0 Å². The van der Waals surface area contributed by atoms with Crippen molar-refractivity contribution in [1.29, 1.82) is 0 Å². The number of rotatable bonds is 4. The molecule has 2 aromatic rings. The lowest BCUT2D eigenvalue weighted by Gasteiger charge is -2.34. The number of carbonyl (C=O) groups excluding carboxylic acids is 1. The molecule has 2 aliphatic rings. The molecule has 0 spiro atoms. The molecule has 5 nitrogen and oxygen atoms in total. The van der Waals surface area contributed by atoms with Gasteiger partial charge < -0.3 is 4.90 Å². The summed E-state index contributed by atoms with van der Waals surface area (Å²) in [5, 5.41) is 1.61. The number of hydrogen-bond donors (Lipinski definition) is 0. The van der Waals surface area contributed by atoms with Crippen LogP contribution in [0.5, 0.6) is 0 Å². The average Bonchev–Trinajstić information content (AvgIpc) is 2.87. The van der Waals surface area contributed by atoms with Crippen LogP contribution in [0.2, 0.25) is 0 Å². The van der Waals surface area contributed by atoms with Crippen molar-refractivity contribution in [3.05, 3.63) is 36.4 Å². The zero-order valence-corrected chi connectivity index (χ0v) is 15.8. The van der Waals surface area contributed by atoms with Gasteiger partial charge in [-0.25, -0.2) is 8.42 Å². The van der Waals surface area contributed by atoms with Crippen molar-refractivity contribution in [2.24, 2.45) is 0 Å². The Morgan fingerprint density at radius 2 is 1.81 bits per heavy atom. The summed E-state index contributed by atoms with van der Waals surface area (Å²) in [7, 11) is -3.68. The van der Waals surface area contributed by atoms with Gasteiger partial charge in [-0.15, -0.1) is 0 Å². The molecule has 0 N–H and O–H groups in total. The number of benzene rings is 2. The van der Waals surface area contributed by atoms with E-state index in [-0.39, 0.29) is 18.5 Å². The minimum absolute atomic E-state index is 0.104. The summed E-state index contributed by atoms with van der Waals surface area (Å²) in [6, 6.07) is 11.1. The third kappa shape index (κ3) is 2.67. The highest BCUT2D eigenvalue weighted by Crippen LogP contribution is 2.41. The topological polar surface area (TPSA) is 57.7 Å². The molecular formula is C20H24N2O3S. The summed E-state index contributed by atoms with van der Waals surface area (Å²) in [5.74, 6) is -0.104. The van der Waals surface area contributed by atoms with Crippen LogP contribution in [-0.4, -0.2) is 38.4 Å². The molecule has 0 radical (unpaired) electrons. The number of likely N-dealkylation sites (N-methyl/N-ethyl adjacent to an activating group) is 1. The Bertz CT molecular complexity index is 943. The number of hydrogen-bond acceptors (Lipinski definition) is 3. The van der Waals surface area contributed by atoms with Gasteiger partial charge in [0.25, 0.3) is 10.0 Å². The number of amides is 1. The van der Waals surface area contributed by atoms with Crippen LogP contribution in [0.4, 0.5) is 5.69 Å². The van der Waals surface area contributed by atoms with Crippen molar-refractivity contribution in [2.45, 2.75) is 50.0 Å². The normalized spacial score (nSPS) is 19.0. The number of carbonyl (C=O) groups is 1. The van der Waals surface area contributed by atoms with Crippen LogP contribution in [0, 0.1) is 0 Å². The molecule has 0 atom stereocenters. The molecule has 1 amide bonds. The summed E-state index contributed by atoms with van der Waals surface area (Å²) >= 11 is 0. The number of sulfonamides is 1. The van der Waals surface area contributed by atoms with Gasteiger partial charge in [-0.2, -0.15) is 0 Å². The van der Waals surface area contributed by atoms with Gasteiger partial charge in [0.2, 0.25) is 5.91 Å². The minimum atomic E-state index is -3.68. The third-order valence-electron chi connectivity index (χ3n) is 5.64. The first kappa shape index (κ1) is 17.3. The lowest BCUT2D eigenvalue weighted by atomic mass is 9.94. The van der Waals surface area contributed by atoms with E-state index < -0.39 is 10.0 Å². The largest absolute Gasteiger partial charge is 0.338 e. The quantitative estimate of drug-likeness (QED) is 0.825. The Hall–Kier alpha value is -2.08. The molecular weight excluding hydrogens is 348 g/mol. The van der Waals surface area contributed by atoms with Gasteiger partial charge in [-0.1, -0.05) is 43.5 Å². The van der Waals surface area contributed by atoms with Crippen molar-refractivity contribution in [3.63, 3.8) is 0 Å². The van der Waals surface area contributed by atoms with E-state index in [4.69, 9.17) is 0 Å². The van der Waals surface area contributed by atoms with Crippen LogP contribution < -0.4 is 4.31 Å². The first-order valence-corrected chi connectivity index (χ1v) is 10.8. The van der Waals surface area contributed by atoms with Gasteiger partial charge in [0, 0.05) is 18.0 Å². The van der Waals surface area contributed by atoms with E-state index in [1.54, 1.807) is 18.2 Å². The molecule has 2 aromatic carbocycles. The van der Waals surface area contributed by atoms with Crippen LogP contribution >= 0.6 is 0 Å². The minimum Gasteiger partial charge on any atom is -0.338 e. The van der Waals surface area contributed by atoms with Gasteiger partial charge in [0.05, 0.1) is 10.6 Å². The third-order valence-corrected chi connectivity index (χ3v) is 7.44. The first-order valence-electron chi connectivity index (χ1n) is 9.38. The molecule has 0 aromatic heterocycles. The molecule has 1 heterocycles. The van der Waals surface area contributed by atoms with Crippen molar-refractivity contribution in [2.75, 3.05) is 17.4 Å². The summed E-state index contributed by atoms with van der Waals surface area (Å²) in [5.41, 5.74) is 0.617. The predicted molar refractivity (Wildman–Crippen MR) is 103 cm³/mol. The smallest absolute Gasteiger partial charge is 0.265 e. The summed E-state index contributed by atoms with van der Waals surface area (Å²) in [6.07, 6.45) is 5.53. The van der Waals surface area contributed by atoms with Gasteiger partial charge >= 0.3 is 0 Å². The fraction of sp³-hybridized carbons (Fsp3) is 0.450. The molecule has 1 aliphatic heterocycles. The van der Waals surface area contributed by atoms with Crippen LogP contribution in [-0.2, 0) is 14.8 Å². The molecule has 1 fully saturated rings. The Balaban J connectivity index is 1.66. The molecule has 0 saturated heterocycles. The summed E-state index contributed by atoms with van der Waals surface area (Å²) in [6.45, 7) is 2.47. The van der Waals surface area contributed by atoms with Crippen molar-refractivity contribution in [3.8, 4) is 0 Å². The Kier molecular flexibility index (Phi) is 4.39. The fourth-order valence-corrected chi connectivity index (χ4v) is 6.03. The van der Waals surface area contributed by atoms with Crippen molar-refractivity contribution in [1.82, 2.24) is 4.90 Å². The van der Waals surface area contributed by atoms with Crippen LogP contribution in [0.15, 0.2) is 41.3 Å². The second-order valence-electron chi connectivity index (χ2n) is 7.11. The maximum Gasteiger partial charge on any atom is 0.265 e. The van der Waals surface area contributed by atoms with Crippen molar-refractivity contribution < 1.29 is 13.2 Å². The summed E-state index contributed by atoms with van der Waals surface area (Å²) in [4.78, 5) is 15.2. The van der Waals surface area contributed by atoms with Crippen LogP contribution in [0.3, 0.4) is 0 Å². The van der Waals surface area contributed by atoms with E-state index >= 15 is 0 Å². The van der Waals surface area contributed by atoms with E-state index in [0.717, 1.165) is 36.5 Å². The SMILES string of the molecule is CCN(C(=O)CN1c2cccc3cccc(c23)S1(=O)=O)C1CCCCC1. The molecule has 0 bridgehead atoms. The maximum absolute atomic E-state index is 13.0. The molecule has 1 aliphatic carbocycles. The zero-order valence-electron chi connectivity index (χ0n) is 15.0. The highest BCUT2D eigenvalue weighted by atomic mass is 32.2. The van der Waals surface area contributed by atoms with E-state index in [9.17, 15) is 13.2 Å². The lowest BCUT2D eigenvalue weighted by molar-refractivity contribution is -0.132. The number of anilines is 1. The molecule has 26 heavy (non-hydrogen) atoms. The Labute approximate surface area is 154 Å². The average molecular weight is 372 g/mol. The number of nitrogens with zero attached hydrogens (tertiary/aromatic N) is 2. The molecule has 6 heteroatoms. The lowest BCUT2D eigenvalue weighted by Crippen LogP contribution is -2.47. The van der Waals surface area contributed by atoms with Gasteiger partial charge in [0.1, 0.15) is 6.54 Å². The molecule has 1 saturated carbocycles. The zero-order chi connectivity index (χ0) is 18.3. The Morgan fingerprint density at radius 3 is 2.50 bits per heavy atom. The van der Waals surface area contributed by atoms with E-state index in [1.807, 2.05) is 30.0 Å². The maximum atomic E-state index is 13.0. The molecule has 138 valence electrons. The monoisotopic (exact) mass is 372 g/mol. The molecule has 4 rings (SSSR count). The second kappa shape index (κ2) is 6.58. The first-order chi connectivity index (χ1) is 12.5. The Morgan fingerprint density at radius 1 is 1.12 bits per heavy atom. The highest BCUT2D eigenvalue weighted by molar-refractivity contribution is 7.93. The van der Waals surface area contributed by atoms with Gasteiger partial charge in [0.15, 0.2) is 0 Å². The van der Waals surface area contributed by atoms with Crippen molar-refractivity contribution >= 4 is 32.4 Å². The highest BCUT2D eigenvalue weighted by Gasteiger charge is 2.38.